The minimum Gasteiger partial charge on any atom is -0.299 e. The molecule has 0 aliphatic heterocycles. The van der Waals surface area contributed by atoms with Gasteiger partial charge in [0.2, 0.25) is 0 Å². The second kappa shape index (κ2) is 7.71. The van der Waals surface area contributed by atoms with Crippen LogP contribution in [0.3, 0.4) is 0 Å². The monoisotopic (exact) mass is 238 g/mol. The number of rotatable bonds is 4. The summed E-state index contributed by atoms with van der Waals surface area (Å²) in [4.78, 5) is 22.8. The van der Waals surface area contributed by atoms with Gasteiger partial charge in [0.15, 0.2) is 5.78 Å². The Hall–Kier alpha value is -1.51. The molecule has 0 bridgehead atoms. The van der Waals surface area contributed by atoms with E-state index >= 15 is 0 Å². The Kier molecular flexibility index (Phi) is 7.03. The lowest BCUT2D eigenvalue weighted by Crippen LogP contribution is -2.13. The first-order chi connectivity index (χ1) is 8.00. The van der Waals surface area contributed by atoms with E-state index in [1.54, 1.807) is 13.8 Å². The fourth-order valence-electron chi connectivity index (χ4n) is 1.10. The molecule has 0 aliphatic carbocycles. The average molecular weight is 238 g/mol. The Morgan fingerprint density at radius 2 is 1.59 bits per heavy atom. The summed E-state index contributed by atoms with van der Waals surface area (Å²) in [6.07, 6.45) is -0.108. The summed E-state index contributed by atoms with van der Waals surface area (Å²) in [6, 6.07) is 5.22. The first kappa shape index (κ1) is 15.5. The highest BCUT2D eigenvalue weighted by atomic mass is 19.1. The van der Waals surface area contributed by atoms with Crippen molar-refractivity contribution in [3.05, 3.63) is 35.6 Å². The van der Waals surface area contributed by atoms with Crippen molar-refractivity contribution >= 4 is 11.6 Å². The van der Waals surface area contributed by atoms with Crippen LogP contribution in [0.2, 0.25) is 0 Å². The summed E-state index contributed by atoms with van der Waals surface area (Å²) in [5.74, 6) is -0.880. The lowest BCUT2D eigenvalue weighted by Gasteiger charge is -2.03. The van der Waals surface area contributed by atoms with Crippen LogP contribution in [0.4, 0.5) is 4.39 Å². The van der Waals surface area contributed by atoms with Crippen molar-refractivity contribution < 1.29 is 14.0 Å². The smallest absolute Gasteiger partial charge is 0.170 e. The van der Waals surface area contributed by atoms with E-state index in [9.17, 15) is 14.0 Å². The lowest BCUT2D eigenvalue weighted by molar-refractivity contribution is -0.121. The van der Waals surface area contributed by atoms with Gasteiger partial charge in [0.1, 0.15) is 11.6 Å². The predicted molar refractivity (Wildman–Crippen MR) is 66.5 cm³/mol. The zero-order valence-electron chi connectivity index (χ0n) is 10.8. The van der Waals surface area contributed by atoms with Gasteiger partial charge in [-0.15, -0.1) is 0 Å². The number of hydrogen-bond donors (Lipinski definition) is 0. The van der Waals surface area contributed by atoms with Gasteiger partial charge < -0.3 is 0 Å². The third-order valence-electron chi connectivity index (χ3n) is 2.14. The molecule has 0 atom stereocenters. The molecule has 0 unspecified atom stereocenters. The van der Waals surface area contributed by atoms with Crippen LogP contribution in [0, 0.1) is 11.7 Å². The van der Waals surface area contributed by atoms with Gasteiger partial charge in [0, 0.05) is 11.5 Å². The molecule has 0 fully saturated rings. The van der Waals surface area contributed by atoms with Crippen molar-refractivity contribution in [2.45, 2.75) is 34.1 Å². The van der Waals surface area contributed by atoms with Crippen LogP contribution in [0.15, 0.2) is 24.3 Å². The van der Waals surface area contributed by atoms with Crippen molar-refractivity contribution in [2.24, 2.45) is 5.92 Å². The van der Waals surface area contributed by atoms with E-state index in [1.807, 2.05) is 13.8 Å². The van der Waals surface area contributed by atoms with Crippen molar-refractivity contribution in [3.8, 4) is 0 Å². The van der Waals surface area contributed by atoms with Gasteiger partial charge in [-0.2, -0.15) is 0 Å². The molecule has 17 heavy (non-hydrogen) atoms. The van der Waals surface area contributed by atoms with Crippen LogP contribution in [-0.4, -0.2) is 11.6 Å². The lowest BCUT2D eigenvalue weighted by atomic mass is 10.00. The highest BCUT2D eigenvalue weighted by Crippen LogP contribution is 2.08. The van der Waals surface area contributed by atoms with Gasteiger partial charge >= 0.3 is 0 Å². The molecule has 0 spiro atoms. The minimum atomic E-state index is -0.387. The maximum atomic E-state index is 12.6. The Morgan fingerprint density at radius 1 is 1.12 bits per heavy atom. The summed E-state index contributed by atoms with van der Waals surface area (Å²) in [7, 11) is 0. The van der Waals surface area contributed by atoms with Crippen molar-refractivity contribution in [2.75, 3.05) is 0 Å². The van der Waals surface area contributed by atoms with Gasteiger partial charge in [-0.3, -0.25) is 9.59 Å². The number of benzene rings is 1. The fraction of sp³-hybridized carbons (Fsp3) is 0.429. The molecule has 1 aromatic carbocycles. The van der Waals surface area contributed by atoms with Crippen molar-refractivity contribution in [1.82, 2.24) is 0 Å². The number of hydrogen-bond acceptors (Lipinski definition) is 2. The number of halogens is 1. The van der Waals surface area contributed by atoms with Gasteiger partial charge in [0.05, 0.1) is 6.42 Å². The topological polar surface area (TPSA) is 34.1 Å². The van der Waals surface area contributed by atoms with Crippen LogP contribution >= 0.6 is 0 Å². The van der Waals surface area contributed by atoms with E-state index in [2.05, 4.69) is 0 Å². The third kappa shape index (κ3) is 5.38. The van der Waals surface area contributed by atoms with E-state index < -0.39 is 0 Å². The molecule has 0 saturated heterocycles. The Morgan fingerprint density at radius 3 is 2.00 bits per heavy atom. The Balaban J connectivity index is 0.00000121. The maximum Gasteiger partial charge on any atom is 0.170 e. The molecule has 0 N–H and O–H groups in total. The second-order valence-corrected chi connectivity index (χ2v) is 3.73. The fourth-order valence-corrected chi connectivity index (χ4v) is 1.10. The van der Waals surface area contributed by atoms with Gasteiger partial charge in [-0.25, -0.2) is 4.39 Å². The Bertz CT molecular complexity index is 366. The predicted octanol–water partition coefficient (Wildman–Crippen LogP) is 3.65. The van der Waals surface area contributed by atoms with E-state index in [0.717, 1.165) is 0 Å². The molecule has 0 amide bonds. The van der Waals surface area contributed by atoms with Crippen LogP contribution < -0.4 is 0 Å². The molecule has 0 heterocycles. The SMILES string of the molecule is CC.CC(C)C(=O)CC(=O)c1ccc(F)cc1. The summed E-state index contributed by atoms with van der Waals surface area (Å²) in [5, 5.41) is 0. The van der Waals surface area contributed by atoms with E-state index in [4.69, 9.17) is 0 Å². The van der Waals surface area contributed by atoms with Crippen LogP contribution in [0.25, 0.3) is 0 Å². The standard InChI is InChI=1S/C12H13FO2.C2H6/c1-8(2)11(14)7-12(15)9-3-5-10(13)6-4-9;1-2/h3-6,8H,7H2,1-2H3;1-2H3. The summed E-state index contributed by atoms with van der Waals surface area (Å²) >= 11 is 0. The van der Waals surface area contributed by atoms with Gasteiger partial charge in [-0.1, -0.05) is 27.7 Å². The van der Waals surface area contributed by atoms with Crippen molar-refractivity contribution in [3.63, 3.8) is 0 Å². The van der Waals surface area contributed by atoms with Crippen molar-refractivity contribution in [1.29, 1.82) is 0 Å². The first-order valence-electron chi connectivity index (χ1n) is 5.82. The van der Waals surface area contributed by atoms with E-state index in [1.165, 1.54) is 24.3 Å². The van der Waals surface area contributed by atoms with Crippen LogP contribution in [0.5, 0.6) is 0 Å². The zero-order valence-corrected chi connectivity index (χ0v) is 10.8. The minimum absolute atomic E-state index is 0.0932. The quantitative estimate of drug-likeness (QED) is 0.592. The molecule has 0 aliphatic rings. The highest BCUT2D eigenvalue weighted by Gasteiger charge is 2.14. The number of Topliss-reactive ketones (excluding diaryl/α,β-unsaturated/α-hetero) is 2. The Labute approximate surface area is 102 Å². The normalized spacial score (nSPS) is 9.53. The first-order valence-corrected chi connectivity index (χ1v) is 5.82. The number of ketones is 2. The van der Waals surface area contributed by atoms with Crippen LogP contribution in [0.1, 0.15) is 44.5 Å². The van der Waals surface area contributed by atoms with E-state index in [-0.39, 0.29) is 29.7 Å². The largest absolute Gasteiger partial charge is 0.299 e. The van der Waals surface area contributed by atoms with E-state index in [0.29, 0.717) is 5.56 Å². The van der Waals surface area contributed by atoms with Crippen LogP contribution in [-0.2, 0) is 4.79 Å². The molecular weight excluding hydrogens is 219 g/mol. The molecule has 3 heteroatoms. The molecule has 1 aromatic rings. The second-order valence-electron chi connectivity index (χ2n) is 3.73. The molecule has 0 radical (unpaired) electrons. The molecular formula is C14H19FO2. The molecule has 2 nitrogen and oxygen atoms in total. The summed E-state index contributed by atoms with van der Waals surface area (Å²) in [5.41, 5.74) is 0.380. The molecule has 1 rings (SSSR count). The number of carbonyl (C=O) groups is 2. The summed E-state index contributed by atoms with van der Waals surface area (Å²) < 4.78 is 12.6. The average Bonchev–Trinajstić information content (AvgIpc) is 2.32. The van der Waals surface area contributed by atoms with Gasteiger partial charge in [0.25, 0.3) is 0 Å². The van der Waals surface area contributed by atoms with Gasteiger partial charge in [-0.05, 0) is 24.3 Å². The maximum absolute atomic E-state index is 12.6. The third-order valence-corrected chi connectivity index (χ3v) is 2.14. The molecule has 0 saturated carbocycles. The number of carbonyl (C=O) groups excluding carboxylic acids is 2. The zero-order chi connectivity index (χ0) is 13.4. The summed E-state index contributed by atoms with van der Waals surface area (Å²) in [6.45, 7) is 7.50. The molecule has 94 valence electrons. The highest BCUT2D eigenvalue weighted by molar-refractivity contribution is 6.08. The molecule has 0 aromatic heterocycles.